The smallest absolute Gasteiger partial charge is 0.245 e. The van der Waals surface area contributed by atoms with Crippen molar-refractivity contribution in [2.45, 2.75) is 45.8 Å². The third-order valence-electron chi connectivity index (χ3n) is 4.29. The highest BCUT2D eigenvalue weighted by Crippen LogP contribution is 2.18. The Labute approximate surface area is 146 Å². The number of carbonyl (C=O) groups excluding carboxylic acids is 2. The predicted molar refractivity (Wildman–Crippen MR) is 90.3 cm³/mol. The van der Waals surface area contributed by atoms with Crippen LogP contribution in [-0.4, -0.2) is 44.3 Å². The molecule has 1 aromatic carbocycles. The van der Waals surface area contributed by atoms with Gasteiger partial charge in [-0.3, -0.25) is 9.59 Å². The predicted octanol–water partition coefficient (Wildman–Crippen LogP) is 1.95. The minimum Gasteiger partial charge on any atom is -0.339 e. The van der Waals surface area contributed by atoms with Crippen LogP contribution < -0.4 is 0 Å². The Balaban J connectivity index is 1.69. The van der Waals surface area contributed by atoms with Crippen LogP contribution in [0.2, 0.25) is 0 Å². The third-order valence-corrected chi connectivity index (χ3v) is 4.29. The monoisotopic (exact) mass is 342 g/mol. The largest absolute Gasteiger partial charge is 0.339 e. The Hall–Kier alpha value is -2.70. The molecule has 0 bridgehead atoms. The summed E-state index contributed by atoms with van der Waals surface area (Å²) in [6.45, 7) is 6.33. The summed E-state index contributed by atoms with van der Waals surface area (Å²) in [5.41, 5.74) is 1.00. The fourth-order valence-corrected chi connectivity index (χ4v) is 2.83. The van der Waals surface area contributed by atoms with Crippen LogP contribution in [0.1, 0.15) is 44.0 Å². The van der Waals surface area contributed by atoms with Gasteiger partial charge in [-0.1, -0.05) is 49.3 Å². The number of rotatable bonds is 5. The molecule has 0 N–H and O–H groups in total. The van der Waals surface area contributed by atoms with E-state index >= 15 is 0 Å². The van der Waals surface area contributed by atoms with E-state index in [1.807, 2.05) is 44.2 Å². The lowest BCUT2D eigenvalue weighted by Crippen LogP contribution is -2.58. The molecule has 2 amide bonds. The van der Waals surface area contributed by atoms with Crippen LogP contribution in [0.15, 0.2) is 34.9 Å². The topological polar surface area (TPSA) is 79.5 Å². The summed E-state index contributed by atoms with van der Waals surface area (Å²) in [7, 11) is 0. The minimum atomic E-state index is -0.550. The summed E-state index contributed by atoms with van der Waals surface area (Å²) in [5, 5.41) is 3.91. The number of carbonyl (C=O) groups is 2. The molecule has 0 unspecified atom stereocenters. The number of hydrogen-bond donors (Lipinski definition) is 0. The molecule has 2 aromatic rings. The van der Waals surface area contributed by atoms with Gasteiger partial charge in [0.1, 0.15) is 12.6 Å². The molecule has 1 fully saturated rings. The Morgan fingerprint density at radius 1 is 1.20 bits per heavy atom. The third kappa shape index (κ3) is 3.70. The van der Waals surface area contributed by atoms with Crippen LogP contribution in [-0.2, 0) is 22.7 Å². The average molecular weight is 342 g/mol. The van der Waals surface area contributed by atoms with Gasteiger partial charge in [-0.2, -0.15) is 4.98 Å². The highest BCUT2D eigenvalue weighted by Gasteiger charge is 2.37. The molecule has 0 radical (unpaired) electrons. The van der Waals surface area contributed by atoms with E-state index in [4.69, 9.17) is 4.52 Å². The maximum absolute atomic E-state index is 12.7. The van der Waals surface area contributed by atoms with Crippen molar-refractivity contribution in [2.75, 3.05) is 6.54 Å². The molecule has 1 atom stereocenters. The lowest BCUT2D eigenvalue weighted by molar-refractivity contribution is -0.156. The molecule has 1 aliphatic rings. The summed E-state index contributed by atoms with van der Waals surface area (Å²) in [5.74, 6) is 0.894. The van der Waals surface area contributed by atoms with E-state index in [2.05, 4.69) is 10.1 Å². The van der Waals surface area contributed by atoms with Gasteiger partial charge in [0.2, 0.25) is 17.7 Å². The molecule has 3 rings (SSSR count). The standard InChI is InChI=1S/C18H22N4O3/c1-12(2)17-19-15(20-25-17)10-22-13(3)18(24)21(11-16(22)23)9-14-7-5-4-6-8-14/h4-8,12-13H,9-11H2,1-3H3/t13-/m0/s1. The van der Waals surface area contributed by atoms with Gasteiger partial charge in [0.25, 0.3) is 0 Å². The Morgan fingerprint density at radius 2 is 1.92 bits per heavy atom. The number of piperazine rings is 1. The highest BCUT2D eigenvalue weighted by molar-refractivity contribution is 5.94. The zero-order valence-corrected chi connectivity index (χ0v) is 14.7. The SMILES string of the molecule is CC(C)c1nc(CN2C(=O)CN(Cc3ccccc3)C(=O)[C@@H]2C)no1. The lowest BCUT2D eigenvalue weighted by atomic mass is 10.1. The van der Waals surface area contributed by atoms with Gasteiger partial charge in [0.05, 0.1) is 6.54 Å². The van der Waals surface area contributed by atoms with Gasteiger partial charge in [0.15, 0.2) is 5.82 Å². The van der Waals surface area contributed by atoms with Crippen molar-refractivity contribution in [2.24, 2.45) is 0 Å². The first kappa shape index (κ1) is 17.1. The molecule has 1 saturated heterocycles. The fourth-order valence-electron chi connectivity index (χ4n) is 2.83. The van der Waals surface area contributed by atoms with Crippen molar-refractivity contribution in [3.05, 3.63) is 47.6 Å². The zero-order valence-electron chi connectivity index (χ0n) is 14.7. The van der Waals surface area contributed by atoms with Gasteiger partial charge in [0, 0.05) is 12.5 Å². The lowest BCUT2D eigenvalue weighted by Gasteiger charge is -2.38. The molecule has 7 heteroatoms. The molecule has 0 saturated carbocycles. The van der Waals surface area contributed by atoms with Crippen molar-refractivity contribution >= 4 is 11.8 Å². The second-order valence-corrected chi connectivity index (χ2v) is 6.58. The molecule has 1 aromatic heterocycles. The second kappa shape index (κ2) is 7.04. The van der Waals surface area contributed by atoms with E-state index in [-0.39, 0.29) is 30.8 Å². The zero-order chi connectivity index (χ0) is 18.0. The van der Waals surface area contributed by atoms with E-state index in [1.54, 1.807) is 11.8 Å². The molecular weight excluding hydrogens is 320 g/mol. The van der Waals surface area contributed by atoms with Crippen LogP contribution >= 0.6 is 0 Å². The van der Waals surface area contributed by atoms with Gasteiger partial charge in [-0.05, 0) is 12.5 Å². The normalized spacial score (nSPS) is 18.3. The minimum absolute atomic E-state index is 0.0625. The fraction of sp³-hybridized carbons (Fsp3) is 0.444. The van der Waals surface area contributed by atoms with Crippen molar-refractivity contribution < 1.29 is 14.1 Å². The number of amides is 2. The van der Waals surface area contributed by atoms with E-state index < -0.39 is 6.04 Å². The van der Waals surface area contributed by atoms with Gasteiger partial charge >= 0.3 is 0 Å². The number of aromatic nitrogens is 2. The number of hydrogen-bond acceptors (Lipinski definition) is 5. The second-order valence-electron chi connectivity index (χ2n) is 6.58. The first-order valence-corrected chi connectivity index (χ1v) is 8.40. The van der Waals surface area contributed by atoms with Gasteiger partial charge in [-0.25, -0.2) is 0 Å². The summed E-state index contributed by atoms with van der Waals surface area (Å²) in [4.78, 5) is 32.6. The van der Waals surface area contributed by atoms with Crippen LogP contribution in [0.25, 0.3) is 0 Å². The van der Waals surface area contributed by atoms with Crippen LogP contribution in [0.4, 0.5) is 0 Å². The maximum Gasteiger partial charge on any atom is 0.245 e. The molecule has 0 spiro atoms. The molecule has 7 nitrogen and oxygen atoms in total. The van der Waals surface area contributed by atoms with E-state index in [9.17, 15) is 9.59 Å². The Kier molecular flexibility index (Phi) is 4.83. The maximum atomic E-state index is 12.7. The van der Waals surface area contributed by atoms with Crippen molar-refractivity contribution in [1.82, 2.24) is 19.9 Å². The summed E-state index contributed by atoms with van der Waals surface area (Å²) in [6, 6.07) is 9.11. The summed E-state index contributed by atoms with van der Waals surface area (Å²) in [6.07, 6.45) is 0. The van der Waals surface area contributed by atoms with Gasteiger partial charge in [-0.15, -0.1) is 0 Å². The quantitative estimate of drug-likeness (QED) is 0.830. The highest BCUT2D eigenvalue weighted by atomic mass is 16.5. The first-order chi connectivity index (χ1) is 12.0. The van der Waals surface area contributed by atoms with Gasteiger partial charge < -0.3 is 14.3 Å². The summed E-state index contributed by atoms with van der Waals surface area (Å²) >= 11 is 0. The van der Waals surface area contributed by atoms with E-state index in [0.29, 0.717) is 18.3 Å². The van der Waals surface area contributed by atoms with Crippen LogP contribution in [0.3, 0.4) is 0 Å². The molecule has 132 valence electrons. The first-order valence-electron chi connectivity index (χ1n) is 8.40. The van der Waals surface area contributed by atoms with Crippen molar-refractivity contribution in [1.29, 1.82) is 0 Å². The Bertz CT molecular complexity index is 757. The molecular formula is C18H22N4O3. The van der Waals surface area contributed by atoms with E-state index in [0.717, 1.165) is 5.56 Å². The van der Waals surface area contributed by atoms with Crippen molar-refractivity contribution in [3.8, 4) is 0 Å². The number of nitrogens with zero attached hydrogens (tertiary/aromatic N) is 4. The summed E-state index contributed by atoms with van der Waals surface area (Å²) < 4.78 is 5.17. The molecule has 25 heavy (non-hydrogen) atoms. The van der Waals surface area contributed by atoms with Crippen molar-refractivity contribution in [3.63, 3.8) is 0 Å². The Morgan fingerprint density at radius 3 is 2.56 bits per heavy atom. The number of benzene rings is 1. The van der Waals surface area contributed by atoms with E-state index in [1.165, 1.54) is 4.90 Å². The van der Waals surface area contributed by atoms with Crippen LogP contribution in [0, 0.1) is 0 Å². The average Bonchev–Trinajstić information content (AvgIpc) is 3.06. The molecule has 1 aliphatic heterocycles. The molecule has 2 heterocycles. The molecule has 0 aliphatic carbocycles. The van der Waals surface area contributed by atoms with Crippen LogP contribution in [0.5, 0.6) is 0 Å².